The van der Waals surface area contributed by atoms with Gasteiger partial charge in [0, 0.05) is 24.1 Å². The largest absolute Gasteiger partial charge is 0.497 e. The molecule has 1 heterocycles. The van der Waals surface area contributed by atoms with Gasteiger partial charge < -0.3 is 19.7 Å². The first-order valence-corrected chi connectivity index (χ1v) is 9.49. The molecular formula is C22H27N2O4+. The summed E-state index contributed by atoms with van der Waals surface area (Å²) in [6, 6.07) is 13.0. The second-order valence-corrected chi connectivity index (χ2v) is 7.07. The van der Waals surface area contributed by atoms with Crippen LogP contribution < -0.4 is 19.7 Å². The number of quaternary nitrogens is 1. The Morgan fingerprint density at radius 1 is 1.11 bits per heavy atom. The number of hydrogen-bond donors (Lipinski definition) is 2. The molecule has 1 saturated heterocycles. The summed E-state index contributed by atoms with van der Waals surface area (Å²) in [7, 11) is 3.31. The molecular weight excluding hydrogens is 356 g/mol. The number of ether oxygens (including phenoxy) is 2. The maximum Gasteiger partial charge on any atom is 0.279 e. The zero-order valence-electron chi connectivity index (χ0n) is 16.6. The number of Topliss-reactive ketones (excluding diaryl/α,β-unsaturated/α-hetero) is 1. The van der Waals surface area contributed by atoms with Crippen LogP contribution >= 0.6 is 0 Å². The topological polar surface area (TPSA) is 69.1 Å². The SMILES string of the molecule is COc1ccc(OC)c([C@@H]2CCC[NH+]2CC(=O)Nc2ccc(C(C)=O)cc2)c1. The van der Waals surface area contributed by atoms with Crippen molar-refractivity contribution < 1.29 is 24.0 Å². The van der Waals surface area contributed by atoms with Gasteiger partial charge in [0.05, 0.1) is 26.3 Å². The average molecular weight is 383 g/mol. The predicted molar refractivity (Wildman–Crippen MR) is 107 cm³/mol. The highest BCUT2D eigenvalue weighted by Gasteiger charge is 2.34. The van der Waals surface area contributed by atoms with Gasteiger partial charge in [0.25, 0.3) is 5.91 Å². The summed E-state index contributed by atoms with van der Waals surface area (Å²) < 4.78 is 10.9. The normalized spacial score (nSPS) is 18.5. The van der Waals surface area contributed by atoms with Crippen LogP contribution in [0.15, 0.2) is 42.5 Å². The summed E-state index contributed by atoms with van der Waals surface area (Å²) in [6.45, 7) is 2.83. The molecule has 2 atom stereocenters. The van der Waals surface area contributed by atoms with Crippen molar-refractivity contribution in [2.75, 3.05) is 32.6 Å². The molecule has 0 spiro atoms. The quantitative estimate of drug-likeness (QED) is 0.720. The lowest BCUT2D eigenvalue weighted by Gasteiger charge is -2.23. The molecule has 1 amide bonds. The Kier molecular flexibility index (Phi) is 6.31. The van der Waals surface area contributed by atoms with Crippen LogP contribution in [0.3, 0.4) is 0 Å². The molecule has 2 N–H and O–H groups in total. The molecule has 1 unspecified atom stereocenters. The molecule has 0 aliphatic carbocycles. The van der Waals surface area contributed by atoms with Crippen LogP contribution in [0.25, 0.3) is 0 Å². The summed E-state index contributed by atoms with van der Waals surface area (Å²) in [5.41, 5.74) is 2.41. The number of ketones is 1. The van der Waals surface area contributed by atoms with Gasteiger partial charge in [-0.15, -0.1) is 0 Å². The molecule has 6 nitrogen and oxygen atoms in total. The van der Waals surface area contributed by atoms with E-state index in [0.29, 0.717) is 17.8 Å². The van der Waals surface area contributed by atoms with Crippen LogP contribution in [-0.2, 0) is 4.79 Å². The van der Waals surface area contributed by atoms with Gasteiger partial charge in [0.1, 0.15) is 17.5 Å². The van der Waals surface area contributed by atoms with E-state index in [9.17, 15) is 9.59 Å². The van der Waals surface area contributed by atoms with Gasteiger partial charge in [-0.05, 0) is 49.4 Å². The number of carbonyl (C=O) groups is 2. The Morgan fingerprint density at radius 3 is 2.50 bits per heavy atom. The maximum atomic E-state index is 12.6. The monoisotopic (exact) mass is 383 g/mol. The van der Waals surface area contributed by atoms with Crippen molar-refractivity contribution in [1.82, 2.24) is 0 Å². The molecule has 1 fully saturated rings. The van der Waals surface area contributed by atoms with Gasteiger partial charge in [-0.25, -0.2) is 0 Å². The van der Waals surface area contributed by atoms with Gasteiger partial charge in [-0.2, -0.15) is 0 Å². The van der Waals surface area contributed by atoms with Crippen molar-refractivity contribution in [3.63, 3.8) is 0 Å². The number of carbonyl (C=O) groups excluding carboxylic acids is 2. The third-order valence-electron chi connectivity index (χ3n) is 5.26. The van der Waals surface area contributed by atoms with Crippen LogP contribution in [0.2, 0.25) is 0 Å². The summed E-state index contributed by atoms with van der Waals surface area (Å²) in [5.74, 6) is 1.58. The first-order chi connectivity index (χ1) is 13.5. The summed E-state index contributed by atoms with van der Waals surface area (Å²) >= 11 is 0. The number of likely N-dealkylation sites (tertiary alicyclic amines) is 1. The molecule has 2 aromatic rings. The van der Waals surface area contributed by atoms with Crippen LogP contribution in [0.1, 0.15) is 41.7 Å². The summed E-state index contributed by atoms with van der Waals surface area (Å²) in [6.07, 6.45) is 2.06. The molecule has 3 rings (SSSR count). The first-order valence-electron chi connectivity index (χ1n) is 9.49. The minimum atomic E-state index is -0.0423. The Morgan fingerprint density at radius 2 is 1.86 bits per heavy atom. The molecule has 0 bridgehead atoms. The summed E-state index contributed by atoms with van der Waals surface area (Å²) in [4.78, 5) is 25.2. The lowest BCUT2D eigenvalue weighted by Crippen LogP contribution is -3.11. The van der Waals surface area contributed by atoms with Crippen molar-refractivity contribution in [3.8, 4) is 11.5 Å². The second-order valence-electron chi connectivity index (χ2n) is 7.07. The molecule has 28 heavy (non-hydrogen) atoms. The first kappa shape index (κ1) is 19.9. The lowest BCUT2D eigenvalue weighted by atomic mass is 10.0. The lowest BCUT2D eigenvalue weighted by molar-refractivity contribution is -0.910. The van der Waals surface area contributed by atoms with Crippen molar-refractivity contribution in [2.24, 2.45) is 0 Å². The fourth-order valence-electron chi connectivity index (χ4n) is 3.81. The number of amides is 1. The molecule has 148 valence electrons. The van der Waals surface area contributed by atoms with E-state index >= 15 is 0 Å². The van der Waals surface area contributed by atoms with Crippen LogP contribution in [0.4, 0.5) is 5.69 Å². The van der Waals surface area contributed by atoms with E-state index in [4.69, 9.17) is 9.47 Å². The Hall–Kier alpha value is -2.86. The van der Waals surface area contributed by atoms with Gasteiger partial charge in [-0.3, -0.25) is 9.59 Å². The van der Waals surface area contributed by atoms with E-state index in [2.05, 4.69) is 5.32 Å². The number of hydrogen-bond acceptors (Lipinski definition) is 4. The highest BCUT2D eigenvalue weighted by molar-refractivity contribution is 5.95. The molecule has 6 heteroatoms. The maximum absolute atomic E-state index is 12.6. The molecule has 0 aromatic heterocycles. The van der Waals surface area contributed by atoms with Gasteiger partial charge in [-0.1, -0.05) is 0 Å². The Labute approximate surface area is 165 Å². The van der Waals surface area contributed by atoms with E-state index in [1.165, 1.54) is 11.8 Å². The van der Waals surface area contributed by atoms with Gasteiger partial charge in [0.15, 0.2) is 12.3 Å². The van der Waals surface area contributed by atoms with Crippen molar-refractivity contribution in [2.45, 2.75) is 25.8 Å². The van der Waals surface area contributed by atoms with Gasteiger partial charge >= 0.3 is 0 Å². The minimum Gasteiger partial charge on any atom is -0.497 e. The second kappa shape index (κ2) is 8.89. The Balaban J connectivity index is 1.69. The highest BCUT2D eigenvalue weighted by Crippen LogP contribution is 2.31. The fraction of sp³-hybridized carbons (Fsp3) is 0.364. The number of methoxy groups -OCH3 is 2. The van der Waals surface area contributed by atoms with E-state index in [1.54, 1.807) is 38.5 Å². The van der Waals surface area contributed by atoms with Crippen molar-refractivity contribution in [1.29, 1.82) is 0 Å². The molecule has 1 aliphatic heterocycles. The van der Waals surface area contributed by atoms with Crippen LogP contribution in [0, 0.1) is 0 Å². The fourth-order valence-corrected chi connectivity index (χ4v) is 3.81. The standard InChI is InChI=1S/C22H26N2O4/c1-15(25)16-6-8-17(9-7-16)23-22(26)14-24-12-4-5-20(24)19-13-18(27-2)10-11-21(19)28-3/h6-11,13,20H,4-5,12,14H2,1-3H3,(H,23,26)/p+1/t20-/m0/s1. The van der Waals surface area contributed by atoms with E-state index < -0.39 is 0 Å². The minimum absolute atomic E-state index is 0.00876. The van der Waals surface area contributed by atoms with Crippen LogP contribution in [-0.4, -0.2) is 39.0 Å². The van der Waals surface area contributed by atoms with Crippen LogP contribution in [0.5, 0.6) is 11.5 Å². The molecule has 0 saturated carbocycles. The third-order valence-corrected chi connectivity index (χ3v) is 5.26. The smallest absolute Gasteiger partial charge is 0.279 e. The van der Waals surface area contributed by atoms with E-state index in [-0.39, 0.29) is 17.7 Å². The molecule has 2 aromatic carbocycles. The van der Waals surface area contributed by atoms with E-state index in [1.807, 2.05) is 18.2 Å². The third kappa shape index (κ3) is 4.51. The van der Waals surface area contributed by atoms with Gasteiger partial charge in [0.2, 0.25) is 0 Å². The van der Waals surface area contributed by atoms with Crippen molar-refractivity contribution >= 4 is 17.4 Å². The number of nitrogens with one attached hydrogen (secondary N) is 2. The number of anilines is 1. The number of benzene rings is 2. The number of rotatable bonds is 7. The predicted octanol–water partition coefficient (Wildman–Crippen LogP) is 2.26. The Bertz CT molecular complexity index is 848. The average Bonchev–Trinajstić information content (AvgIpc) is 3.15. The molecule has 1 aliphatic rings. The van der Waals surface area contributed by atoms with E-state index in [0.717, 1.165) is 36.4 Å². The summed E-state index contributed by atoms with van der Waals surface area (Å²) in [5, 5.41) is 2.93. The zero-order valence-corrected chi connectivity index (χ0v) is 16.6. The highest BCUT2D eigenvalue weighted by atomic mass is 16.5. The zero-order chi connectivity index (χ0) is 20.1. The van der Waals surface area contributed by atoms with Crippen molar-refractivity contribution in [3.05, 3.63) is 53.6 Å². The molecule has 0 radical (unpaired) electrons.